The number of carbonyl (C=O) groups is 2. The van der Waals surface area contributed by atoms with Gasteiger partial charge in [-0.05, 0) is 59.4 Å². The molecule has 4 heteroatoms. The van der Waals surface area contributed by atoms with Crippen molar-refractivity contribution < 1.29 is 19.8 Å². The van der Waals surface area contributed by atoms with E-state index >= 15 is 0 Å². The molecule has 0 unspecified atom stereocenters. The first kappa shape index (κ1) is 17.4. The molecule has 0 fully saturated rings. The van der Waals surface area contributed by atoms with Crippen molar-refractivity contribution in [2.24, 2.45) is 0 Å². The Morgan fingerprint density at radius 3 is 1.54 bits per heavy atom. The van der Waals surface area contributed by atoms with Gasteiger partial charge >= 0.3 is 11.9 Å². The number of benzene rings is 3. The lowest BCUT2D eigenvalue weighted by Crippen LogP contribution is -2.01. The molecule has 0 aromatic heterocycles. The molecule has 0 saturated heterocycles. The molecule has 3 aromatic carbocycles. The van der Waals surface area contributed by atoms with Gasteiger partial charge in [0.1, 0.15) is 0 Å². The van der Waals surface area contributed by atoms with Gasteiger partial charge in [0.05, 0.1) is 11.1 Å². The lowest BCUT2D eigenvalue weighted by molar-refractivity contribution is 0.0687. The average Bonchev–Trinajstić information content (AvgIpc) is 2.67. The zero-order valence-corrected chi connectivity index (χ0v) is 14.0. The highest BCUT2D eigenvalue weighted by Crippen LogP contribution is 2.32. The molecule has 0 heterocycles. The van der Waals surface area contributed by atoms with E-state index in [1.165, 1.54) is 0 Å². The van der Waals surface area contributed by atoms with Gasteiger partial charge in [-0.25, -0.2) is 9.59 Å². The molecule has 2 N–H and O–H groups in total. The summed E-state index contributed by atoms with van der Waals surface area (Å²) in [6, 6.07) is 19.1. The molecule has 0 aliphatic carbocycles. The van der Waals surface area contributed by atoms with Crippen molar-refractivity contribution in [2.75, 3.05) is 0 Å². The third-order valence-electron chi connectivity index (χ3n) is 4.22. The van der Waals surface area contributed by atoms with E-state index in [2.05, 4.69) is 6.92 Å². The van der Waals surface area contributed by atoms with Gasteiger partial charge in [-0.3, -0.25) is 0 Å². The number of aromatic carboxylic acids is 2. The van der Waals surface area contributed by atoms with Gasteiger partial charge in [0.25, 0.3) is 0 Å². The van der Waals surface area contributed by atoms with E-state index in [-0.39, 0.29) is 11.1 Å². The molecule has 0 atom stereocenters. The van der Waals surface area contributed by atoms with Gasteiger partial charge in [0, 0.05) is 0 Å². The van der Waals surface area contributed by atoms with E-state index in [1.807, 2.05) is 18.2 Å². The number of carboxylic acid groups (broad SMARTS) is 2. The highest BCUT2D eigenvalue weighted by molar-refractivity contribution is 5.98. The van der Waals surface area contributed by atoms with Gasteiger partial charge in [-0.1, -0.05) is 48.5 Å². The maximum Gasteiger partial charge on any atom is 0.336 e. The van der Waals surface area contributed by atoms with Crippen LogP contribution in [0, 0.1) is 6.92 Å². The van der Waals surface area contributed by atoms with Crippen LogP contribution in [0.1, 0.15) is 26.3 Å². The summed E-state index contributed by atoms with van der Waals surface area (Å²) in [4.78, 5) is 23.1. The monoisotopic (exact) mass is 345 g/mol. The van der Waals surface area contributed by atoms with E-state index < -0.39 is 11.9 Å². The van der Waals surface area contributed by atoms with Crippen LogP contribution in [0.2, 0.25) is 0 Å². The fourth-order valence-electron chi connectivity index (χ4n) is 2.99. The average molecular weight is 345 g/mol. The van der Waals surface area contributed by atoms with Crippen LogP contribution < -0.4 is 0 Å². The molecule has 0 bridgehead atoms. The van der Waals surface area contributed by atoms with Crippen molar-refractivity contribution in [1.29, 1.82) is 0 Å². The van der Waals surface area contributed by atoms with Crippen LogP contribution in [0.25, 0.3) is 22.3 Å². The Kier molecular flexibility index (Phi) is 4.85. The van der Waals surface area contributed by atoms with Gasteiger partial charge in [0.2, 0.25) is 0 Å². The topological polar surface area (TPSA) is 74.6 Å². The summed E-state index contributed by atoms with van der Waals surface area (Å²) in [5.41, 5.74) is 3.92. The second-order valence-corrected chi connectivity index (χ2v) is 5.87. The van der Waals surface area contributed by atoms with E-state index in [4.69, 9.17) is 0 Å². The normalized spacial score (nSPS) is 10.5. The molecule has 3 rings (SSSR count). The number of hydrogen-bond acceptors (Lipinski definition) is 2. The van der Waals surface area contributed by atoms with E-state index in [0.29, 0.717) is 17.5 Å². The van der Waals surface area contributed by atoms with Crippen LogP contribution in [-0.2, 0) is 6.42 Å². The second-order valence-electron chi connectivity index (χ2n) is 5.87. The summed E-state index contributed by atoms with van der Waals surface area (Å²) < 4.78 is 0. The zero-order chi connectivity index (χ0) is 18.7. The van der Waals surface area contributed by atoms with Crippen molar-refractivity contribution in [3.05, 3.63) is 90.3 Å². The van der Waals surface area contributed by atoms with Crippen LogP contribution in [-0.4, -0.2) is 22.2 Å². The standard InChI is InChI=1S/C22H17O4/c1-2-14-11-15(17-7-3-5-9-19(17)21(23)24)13-16(12-14)18-8-4-6-10-20(18)22(25)26/h3-13H,1-2H2,(H,23,24)(H,25,26). The van der Waals surface area contributed by atoms with Crippen LogP contribution in [0.15, 0.2) is 66.7 Å². The Morgan fingerprint density at radius 2 is 1.15 bits per heavy atom. The van der Waals surface area contributed by atoms with Gasteiger partial charge in [0.15, 0.2) is 0 Å². The molecule has 26 heavy (non-hydrogen) atoms. The van der Waals surface area contributed by atoms with Crippen molar-refractivity contribution >= 4 is 11.9 Å². The predicted octanol–water partition coefficient (Wildman–Crippen LogP) is 4.79. The lowest BCUT2D eigenvalue weighted by Gasteiger charge is -2.13. The Labute approximate surface area is 151 Å². The SMILES string of the molecule is [CH2]Cc1cc(-c2ccccc2C(=O)O)cc(-c2ccccc2C(=O)O)c1. The Bertz CT molecular complexity index is 913. The maximum atomic E-state index is 11.6. The third-order valence-corrected chi connectivity index (χ3v) is 4.22. The molecule has 0 saturated carbocycles. The lowest BCUT2D eigenvalue weighted by atomic mass is 9.91. The highest BCUT2D eigenvalue weighted by Gasteiger charge is 2.15. The molecule has 0 aliphatic rings. The van der Waals surface area contributed by atoms with Crippen molar-refractivity contribution in [2.45, 2.75) is 6.42 Å². The molecule has 4 nitrogen and oxygen atoms in total. The molecule has 1 radical (unpaired) electrons. The summed E-state index contributed by atoms with van der Waals surface area (Å²) in [5, 5.41) is 18.9. The van der Waals surface area contributed by atoms with E-state index in [9.17, 15) is 19.8 Å². The molecule has 129 valence electrons. The van der Waals surface area contributed by atoms with Gasteiger partial charge in [-0.2, -0.15) is 0 Å². The minimum Gasteiger partial charge on any atom is -0.478 e. The Hall–Kier alpha value is -3.40. The molecule has 0 amide bonds. The second kappa shape index (κ2) is 7.23. The first-order valence-electron chi connectivity index (χ1n) is 8.10. The van der Waals surface area contributed by atoms with Gasteiger partial charge in [-0.15, -0.1) is 0 Å². The minimum atomic E-state index is -1.01. The fourth-order valence-corrected chi connectivity index (χ4v) is 2.99. The molecule has 0 spiro atoms. The molecule has 0 aliphatic heterocycles. The smallest absolute Gasteiger partial charge is 0.336 e. The largest absolute Gasteiger partial charge is 0.478 e. The summed E-state index contributed by atoms with van der Waals surface area (Å²) in [6.07, 6.45) is 0.505. The fraction of sp³-hybridized carbons (Fsp3) is 0.0455. The number of hydrogen-bond donors (Lipinski definition) is 2. The third kappa shape index (κ3) is 3.35. The summed E-state index contributed by atoms with van der Waals surface area (Å²) in [6.45, 7) is 3.91. The van der Waals surface area contributed by atoms with E-state index in [0.717, 1.165) is 16.7 Å². The summed E-state index contributed by atoms with van der Waals surface area (Å²) >= 11 is 0. The van der Waals surface area contributed by atoms with Crippen LogP contribution in [0.5, 0.6) is 0 Å². The number of rotatable bonds is 5. The van der Waals surface area contributed by atoms with Crippen molar-refractivity contribution in [3.8, 4) is 22.3 Å². The van der Waals surface area contributed by atoms with Crippen LogP contribution >= 0.6 is 0 Å². The predicted molar refractivity (Wildman–Crippen MR) is 100 cm³/mol. The molecular formula is C22H17O4. The van der Waals surface area contributed by atoms with Crippen molar-refractivity contribution in [1.82, 2.24) is 0 Å². The maximum absolute atomic E-state index is 11.6. The zero-order valence-electron chi connectivity index (χ0n) is 14.0. The van der Waals surface area contributed by atoms with Crippen LogP contribution in [0.4, 0.5) is 0 Å². The van der Waals surface area contributed by atoms with Crippen molar-refractivity contribution in [3.63, 3.8) is 0 Å². The first-order valence-corrected chi connectivity index (χ1v) is 8.10. The molecule has 3 aromatic rings. The Morgan fingerprint density at radius 1 is 0.731 bits per heavy atom. The summed E-state index contributed by atoms with van der Waals surface area (Å²) in [5.74, 6) is -2.01. The van der Waals surface area contributed by atoms with E-state index in [1.54, 1.807) is 48.5 Å². The minimum absolute atomic E-state index is 0.200. The first-order chi connectivity index (χ1) is 12.5. The quantitative estimate of drug-likeness (QED) is 0.697. The molecular weight excluding hydrogens is 328 g/mol. The Balaban J connectivity index is 2.25. The van der Waals surface area contributed by atoms with Gasteiger partial charge < -0.3 is 10.2 Å². The highest BCUT2D eigenvalue weighted by atomic mass is 16.4. The number of carboxylic acids is 2. The van der Waals surface area contributed by atoms with Crippen LogP contribution in [0.3, 0.4) is 0 Å². The summed E-state index contributed by atoms with van der Waals surface area (Å²) in [7, 11) is 0.